The number of fused-ring (bicyclic) bond motifs is 39. The topological polar surface area (TPSA) is 14.8 Å². The fourth-order valence-corrected chi connectivity index (χ4v) is 21.3. The minimum absolute atomic E-state index is 0. The second-order valence-electron chi connectivity index (χ2n) is 30.2. The van der Waals surface area contributed by atoms with Gasteiger partial charge in [-0.05, 0) is 223 Å². The van der Waals surface area contributed by atoms with E-state index in [1.807, 2.05) is 208 Å². The summed E-state index contributed by atoms with van der Waals surface area (Å²) in [5.41, 5.74) is 56.1. The second-order valence-corrected chi connectivity index (χ2v) is 30.2. The summed E-state index contributed by atoms with van der Waals surface area (Å²) >= 11 is 0. The molecule has 133 heavy (non-hydrogen) atoms. The number of para-hydroxylation sites is 3. The van der Waals surface area contributed by atoms with Gasteiger partial charge in [0.05, 0.1) is 50.2 Å². The smallest absolute Gasteiger partial charge is 0.0579 e. The van der Waals surface area contributed by atoms with Crippen LogP contribution in [0.1, 0.15) is 315 Å². The number of hydrogen-bond acceptors (Lipinski definition) is 0. The monoisotopic (exact) mass is 1760 g/mol. The highest BCUT2D eigenvalue weighted by Crippen LogP contribution is 2.56. The summed E-state index contributed by atoms with van der Waals surface area (Å²) < 4.78 is 7.81. The van der Waals surface area contributed by atoms with Crippen LogP contribution in [0.3, 0.4) is 0 Å². The average molecular weight is 1760 g/mol. The maximum atomic E-state index is 2.62. The molecule has 0 bridgehead atoms. The molecule has 6 aliphatic carbocycles. The molecule has 0 amide bonds. The van der Waals surface area contributed by atoms with Crippen LogP contribution in [0.25, 0.3) is 149 Å². The van der Waals surface area contributed by atoms with E-state index >= 15 is 0 Å². The van der Waals surface area contributed by atoms with Crippen molar-refractivity contribution < 1.29 is 0 Å². The van der Waals surface area contributed by atoms with Crippen LogP contribution >= 0.6 is 0 Å². The van der Waals surface area contributed by atoms with E-state index in [2.05, 4.69) is 287 Å². The summed E-state index contributed by atoms with van der Waals surface area (Å²) in [7, 11) is 0. The summed E-state index contributed by atoms with van der Waals surface area (Å²) in [5, 5.41) is 8.45. The van der Waals surface area contributed by atoms with Gasteiger partial charge in [0.25, 0.3) is 0 Å². The zero-order chi connectivity index (χ0) is 95.9. The van der Waals surface area contributed by atoms with Crippen molar-refractivity contribution in [2.45, 2.75) is 273 Å². The lowest BCUT2D eigenvalue weighted by Crippen LogP contribution is -2.11. The third kappa shape index (κ3) is 17.7. The predicted octanol–water partition coefficient (Wildman–Crippen LogP) is 39.5. The van der Waals surface area contributed by atoms with Gasteiger partial charge in [0.2, 0.25) is 0 Å². The van der Waals surface area contributed by atoms with Crippen LogP contribution in [0.2, 0.25) is 0 Å². The average Bonchev–Trinajstić information content (AvgIpc) is 1.55. The zero-order valence-corrected chi connectivity index (χ0v) is 86.2. The molecule has 3 aliphatic heterocycles. The van der Waals surface area contributed by atoms with Gasteiger partial charge >= 0.3 is 0 Å². The van der Waals surface area contributed by atoms with E-state index in [0.717, 1.165) is 57.8 Å². The Kier molecular flexibility index (Phi) is 38.4. The van der Waals surface area contributed by atoms with Gasteiger partial charge in [-0.2, -0.15) is 0 Å². The van der Waals surface area contributed by atoms with Gasteiger partial charge in [-0.1, -0.05) is 458 Å². The van der Waals surface area contributed by atoms with Crippen LogP contribution in [0, 0.1) is 0 Å². The molecule has 0 spiro atoms. The van der Waals surface area contributed by atoms with Gasteiger partial charge in [0.1, 0.15) is 0 Å². The fraction of sp³-hybridized carbons (Fsp3) is 0.308. The first kappa shape index (κ1) is 104. The van der Waals surface area contributed by atoms with Crippen LogP contribution in [-0.4, -0.2) is 13.7 Å². The summed E-state index contributed by atoms with van der Waals surface area (Å²) in [6, 6.07) is 103. The molecule has 0 saturated heterocycles. The number of benzene rings is 15. The third-order valence-electron chi connectivity index (χ3n) is 25.4. The molecule has 0 saturated carbocycles. The third-order valence-corrected chi connectivity index (χ3v) is 25.4. The molecule has 0 unspecified atom stereocenters. The van der Waals surface area contributed by atoms with Crippen molar-refractivity contribution in [1.29, 1.82) is 0 Å². The van der Waals surface area contributed by atoms with Crippen LogP contribution in [-0.2, 0) is 57.8 Å². The number of hydrogen-bond donors (Lipinski definition) is 0. The Morgan fingerprint density at radius 3 is 0.947 bits per heavy atom. The van der Waals surface area contributed by atoms with Gasteiger partial charge < -0.3 is 13.7 Å². The summed E-state index contributed by atoms with van der Waals surface area (Å²) in [4.78, 5) is 0. The molecule has 692 valence electrons. The van der Waals surface area contributed by atoms with Crippen molar-refractivity contribution in [2.24, 2.45) is 0 Å². The van der Waals surface area contributed by atoms with E-state index in [4.69, 9.17) is 0 Å². The predicted molar refractivity (Wildman–Crippen MR) is 597 cm³/mol. The Morgan fingerprint density at radius 1 is 0.165 bits per heavy atom. The van der Waals surface area contributed by atoms with E-state index in [9.17, 15) is 0 Å². The van der Waals surface area contributed by atoms with Crippen molar-refractivity contribution in [3.8, 4) is 83.8 Å². The fourth-order valence-electron chi connectivity index (χ4n) is 21.3. The molecule has 9 aliphatic rings. The Hall–Kier alpha value is -12.3. The lowest BCUT2D eigenvalue weighted by atomic mass is 9.86. The van der Waals surface area contributed by atoms with E-state index in [-0.39, 0.29) is 7.43 Å². The van der Waals surface area contributed by atoms with E-state index in [1.165, 1.54) is 249 Å². The van der Waals surface area contributed by atoms with Crippen molar-refractivity contribution in [1.82, 2.24) is 13.7 Å². The molecule has 3 aromatic heterocycles. The first-order valence-electron chi connectivity index (χ1n) is 51.8. The van der Waals surface area contributed by atoms with Gasteiger partial charge in [-0.3, -0.25) is 0 Å². The minimum Gasteiger partial charge on any atom is -0.309 e. The number of aromatic nitrogens is 3. The van der Waals surface area contributed by atoms with E-state index in [0.29, 0.717) is 0 Å². The van der Waals surface area contributed by atoms with Crippen LogP contribution in [0.15, 0.2) is 273 Å². The quantitative estimate of drug-likeness (QED) is 0.144. The molecule has 0 radical (unpaired) electrons. The normalized spacial score (nSPS) is 11.5. The lowest BCUT2D eigenvalue weighted by Gasteiger charge is -2.25. The zero-order valence-electron chi connectivity index (χ0n) is 86.2. The lowest BCUT2D eigenvalue weighted by molar-refractivity contribution is 1.02. The van der Waals surface area contributed by atoms with Crippen molar-refractivity contribution in [2.75, 3.05) is 0 Å². The Labute approximate surface area is 803 Å². The molecule has 18 aromatic rings. The molecule has 27 rings (SSSR count). The van der Waals surface area contributed by atoms with Gasteiger partial charge in [0, 0.05) is 64.4 Å². The first-order valence-corrected chi connectivity index (χ1v) is 51.8. The van der Waals surface area contributed by atoms with Gasteiger partial charge in [0.15, 0.2) is 0 Å². The maximum Gasteiger partial charge on any atom is 0.0579 e. The second kappa shape index (κ2) is 48.9. The van der Waals surface area contributed by atoms with E-state index < -0.39 is 0 Å². The minimum atomic E-state index is 0. The van der Waals surface area contributed by atoms with Crippen LogP contribution < -0.4 is 0 Å². The molecule has 15 aromatic carbocycles. The Bertz CT molecular complexity index is 6970. The van der Waals surface area contributed by atoms with Crippen LogP contribution in [0.4, 0.5) is 0 Å². The van der Waals surface area contributed by atoms with Crippen molar-refractivity contribution in [3.63, 3.8) is 0 Å². The number of nitrogens with zero attached hydrogens (tertiary/aromatic N) is 3. The highest BCUT2D eigenvalue weighted by atomic mass is 15.0. The largest absolute Gasteiger partial charge is 0.309 e. The highest BCUT2D eigenvalue weighted by molar-refractivity contribution is 6.20. The molecular formula is C130H157N3. The van der Waals surface area contributed by atoms with Crippen LogP contribution in [0.5, 0.6) is 0 Å². The SMILES string of the molecule is C.CC.CC.CC.CC.CC.CC.CC.CC.CC.CC.CC.CC.CC.CC.CC.c1ccc2c(c1)Cc1c-2cc2c3ccccc3n3c2c1Cc1c-3ccc2c1-c1ccccc1C2.c1ccc2c(c1)Cc1c-2ccc2c1-n1c3ccc4c(c3c3cccc(c31)C2)-c1ccccc1C4.c1ccc2c(c1)Cc1c-2ccc2c1-n1c3ccc4c(c3c3cccc(c31)C2)Cc1ccccc1-4. The molecule has 0 fully saturated rings. The number of rotatable bonds is 0. The molecule has 3 nitrogen and oxygen atoms in total. The van der Waals surface area contributed by atoms with Crippen molar-refractivity contribution in [3.05, 3.63) is 373 Å². The van der Waals surface area contributed by atoms with Crippen molar-refractivity contribution >= 4 is 65.4 Å². The molecule has 6 heterocycles. The Morgan fingerprint density at radius 2 is 0.481 bits per heavy atom. The molecular weight excluding hydrogens is 1600 g/mol. The molecule has 3 heteroatoms. The van der Waals surface area contributed by atoms with Gasteiger partial charge in [-0.25, -0.2) is 0 Å². The first-order chi connectivity index (χ1) is 65.6. The summed E-state index contributed by atoms with van der Waals surface area (Å²) in [6.07, 6.45) is 9.22. The Balaban J connectivity index is 0.000000196. The molecule has 0 atom stereocenters. The van der Waals surface area contributed by atoms with Gasteiger partial charge in [-0.15, -0.1) is 0 Å². The molecule has 0 N–H and O–H groups in total. The maximum absolute atomic E-state index is 2.62. The highest BCUT2D eigenvalue weighted by Gasteiger charge is 2.37. The summed E-state index contributed by atoms with van der Waals surface area (Å²) in [6.45, 7) is 60.0. The standard InChI is InChI=1S/3C33H21N.15C2H6.CH4/c1-3-9-22-20(8-1)16-25-26(22)17-27-24-11-5-6-12-30(24)34-31-14-13-21-15-19-7-2-4-10-23(19)32(21)29(31)18-28(25)33(27)34;1-3-9-24-20(7-1)18-28-26(24)14-12-23-17-22-8-5-11-27-31-29(34(32(22)27)33(23)28)15-13-21-16-19-6-2-4-10-25(19)30(21)31;1-3-9-23-19(6-1)17-28-25(23)14-15-30-31(28)27-11-5-8-21-16-22-12-13-26-24-10-4-2-7-20(24)18-29(26)33(22)34(30)32(21)27;15*1-2;/h1-14,17H,15-16,18H2;2*1-15H,16-18H2;15*1-2H3;1H4. The summed E-state index contributed by atoms with van der Waals surface area (Å²) in [5.74, 6) is 0. The van der Waals surface area contributed by atoms with E-state index in [1.54, 1.807) is 0 Å².